The summed E-state index contributed by atoms with van der Waals surface area (Å²) >= 11 is 6.26. The number of pyridine rings is 1. The van der Waals surface area contributed by atoms with E-state index in [0.29, 0.717) is 0 Å². The lowest BCUT2D eigenvalue weighted by molar-refractivity contribution is 0.264. The highest BCUT2D eigenvalue weighted by Gasteiger charge is 2.23. The van der Waals surface area contributed by atoms with Gasteiger partial charge in [-0.3, -0.25) is 9.88 Å². The number of likely N-dealkylation sites (N-methyl/N-ethyl adjacent to an activating group) is 1. The molecule has 0 saturated carbocycles. The van der Waals surface area contributed by atoms with Gasteiger partial charge in [-0.15, -0.1) is 0 Å². The number of aryl methyl sites for hydroxylation is 1. The van der Waals surface area contributed by atoms with Gasteiger partial charge in [0.05, 0.1) is 5.52 Å². The van der Waals surface area contributed by atoms with Crippen LogP contribution in [-0.2, 0) is 13.0 Å². The van der Waals surface area contributed by atoms with Crippen LogP contribution in [0.15, 0.2) is 12.1 Å². The van der Waals surface area contributed by atoms with Crippen molar-refractivity contribution in [3.05, 3.63) is 39.5 Å². The monoisotopic (exact) mass is 303 g/mol. The number of aromatic nitrogens is 1. The molecule has 1 aliphatic rings. The molecule has 0 fully saturated rings. The second kappa shape index (κ2) is 5.56. The summed E-state index contributed by atoms with van der Waals surface area (Å²) in [5.74, 6) is 0. The van der Waals surface area contributed by atoms with E-state index in [1.165, 1.54) is 16.8 Å². The molecule has 1 aromatic heterocycles. The maximum absolute atomic E-state index is 6.30. The third-order valence-corrected chi connectivity index (χ3v) is 4.64. The first-order valence-corrected chi connectivity index (χ1v) is 7.98. The first-order chi connectivity index (χ1) is 10.0. The summed E-state index contributed by atoms with van der Waals surface area (Å²) in [6.07, 6.45) is 1.00. The molecule has 0 radical (unpaired) electrons. The minimum Gasteiger partial charge on any atom is -0.324 e. The highest BCUT2D eigenvalue weighted by molar-refractivity contribution is 6.31. The molecule has 3 nitrogen and oxygen atoms in total. The molecule has 2 N–H and O–H groups in total. The Balaban J connectivity index is 2.32. The summed E-state index contributed by atoms with van der Waals surface area (Å²) < 4.78 is 0. The quantitative estimate of drug-likeness (QED) is 0.922. The van der Waals surface area contributed by atoms with E-state index in [4.69, 9.17) is 22.3 Å². The molecule has 1 aromatic carbocycles. The van der Waals surface area contributed by atoms with Crippen LogP contribution in [0.2, 0.25) is 5.02 Å². The van der Waals surface area contributed by atoms with E-state index in [-0.39, 0.29) is 6.04 Å². The normalized spacial score (nSPS) is 17.0. The highest BCUT2D eigenvalue weighted by Crippen LogP contribution is 2.34. The molecule has 2 heterocycles. The van der Waals surface area contributed by atoms with E-state index in [2.05, 4.69) is 25.7 Å². The van der Waals surface area contributed by atoms with E-state index in [1.807, 2.05) is 12.1 Å². The van der Waals surface area contributed by atoms with Gasteiger partial charge in [0.25, 0.3) is 0 Å². The Labute approximate surface area is 131 Å². The molecular weight excluding hydrogens is 282 g/mol. The lowest BCUT2D eigenvalue weighted by Gasteiger charge is -2.30. The zero-order valence-corrected chi connectivity index (χ0v) is 13.7. The summed E-state index contributed by atoms with van der Waals surface area (Å²) in [6, 6.07) is 3.98. The molecule has 21 heavy (non-hydrogen) atoms. The van der Waals surface area contributed by atoms with Gasteiger partial charge < -0.3 is 5.73 Å². The number of fused-ring (bicyclic) bond motifs is 2. The average molecular weight is 304 g/mol. The van der Waals surface area contributed by atoms with Crippen LogP contribution < -0.4 is 5.73 Å². The smallest absolute Gasteiger partial charge is 0.0739 e. The van der Waals surface area contributed by atoms with Crippen molar-refractivity contribution in [1.29, 1.82) is 0 Å². The van der Waals surface area contributed by atoms with Crippen molar-refractivity contribution in [2.75, 3.05) is 13.1 Å². The molecule has 0 amide bonds. The lowest BCUT2D eigenvalue weighted by Crippen LogP contribution is -2.32. The van der Waals surface area contributed by atoms with Crippen molar-refractivity contribution < 1.29 is 0 Å². The molecule has 112 valence electrons. The molecular formula is C17H22ClN3. The molecule has 0 saturated heterocycles. The van der Waals surface area contributed by atoms with Crippen LogP contribution in [0.25, 0.3) is 10.9 Å². The van der Waals surface area contributed by atoms with E-state index in [0.717, 1.165) is 47.5 Å². The second-order valence-electron chi connectivity index (χ2n) is 5.98. The van der Waals surface area contributed by atoms with Gasteiger partial charge in [-0.2, -0.15) is 0 Å². The van der Waals surface area contributed by atoms with Gasteiger partial charge in [-0.25, -0.2) is 0 Å². The third kappa shape index (κ3) is 2.54. The zero-order valence-electron chi connectivity index (χ0n) is 12.9. The maximum atomic E-state index is 6.30. The van der Waals surface area contributed by atoms with Crippen molar-refractivity contribution in [1.82, 2.24) is 9.88 Å². The Kier molecular flexibility index (Phi) is 3.91. The Hall–Kier alpha value is -1.16. The second-order valence-corrected chi connectivity index (χ2v) is 6.41. The molecule has 0 bridgehead atoms. The number of nitrogens with zero attached hydrogens (tertiary/aromatic N) is 2. The first-order valence-electron chi connectivity index (χ1n) is 7.60. The number of benzene rings is 1. The van der Waals surface area contributed by atoms with Gasteiger partial charge in [0.1, 0.15) is 0 Å². The Bertz CT molecular complexity index is 694. The van der Waals surface area contributed by atoms with E-state index in [9.17, 15) is 0 Å². The predicted molar refractivity (Wildman–Crippen MR) is 88.7 cm³/mol. The van der Waals surface area contributed by atoms with Gasteiger partial charge in [-0.05, 0) is 49.2 Å². The van der Waals surface area contributed by atoms with Crippen LogP contribution in [0.5, 0.6) is 0 Å². The van der Waals surface area contributed by atoms with Crippen molar-refractivity contribution in [2.24, 2.45) is 5.73 Å². The van der Waals surface area contributed by atoms with Gasteiger partial charge >= 0.3 is 0 Å². The minimum absolute atomic E-state index is 0.0149. The molecule has 2 aromatic rings. The van der Waals surface area contributed by atoms with Crippen LogP contribution in [0.4, 0.5) is 0 Å². The fourth-order valence-electron chi connectivity index (χ4n) is 3.35. The molecule has 4 heteroatoms. The van der Waals surface area contributed by atoms with Gasteiger partial charge in [-0.1, -0.05) is 18.5 Å². The number of halogens is 1. The standard InChI is InChI=1S/C17H22ClN3/c1-4-21-6-5-15-14(9-21)16(11(3)19)13-8-12(18)7-10(2)17(13)20-15/h7-8,11H,4-6,9,19H2,1-3H3. The summed E-state index contributed by atoms with van der Waals surface area (Å²) in [5.41, 5.74) is 12.2. The Morgan fingerprint density at radius 2 is 2.19 bits per heavy atom. The first kappa shape index (κ1) is 14.8. The molecule has 1 unspecified atom stereocenters. The van der Waals surface area contributed by atoms with Crippen molar-refractivity contribution in [3.8, 4) is 0 Å². The lowest BCUT2D eigenvalue weighted by atomic mass is 9.91. The molecule has 1 aliphatic heterocycles. The Morgan fingerprint density at radius 1 is 1.43 bits per heavy atom. The van der Waals surface area contributed by atoms with Crippen molar-refractivity contribution >= 4 is 22.5 Å². The average Bonchev–Trinajstić information content (AvgIpc) is 2.44. The summed E-state index contributed by atoms with van der Waals surface area (Å²) in [5, 5.41) is 1.87. The summed E-state index contributed by atoms with van der Waals surface area (Å²) in [6.45, 7) is 9.40. The van der Waals surface area contributed by atoms with Gasteiger partial charge in [0.15, 0.2) is 0 Å². The summed E-state index contributed by atoms with van der Waals surface area (Å²) in [7, 11) is 0. The zero-order chi connectivity index (χ0) is 15.1. The SMILES string of the molecule is CCN1CCc2nc3c(C)cc(Cl)cc3c(C(C)N)c2C1. The number of hydrogen-bond donors (Lipinski definition) is 1. The van der Waals surface area contributed by atoms with Crippen LogP contribution in [0.3, 0.4) is 0 Å². The van der Waals surface area contributed by atoms with Crippen molar-refractivity contribution in [3.63, 3.8) is 0 Å². The van der Waals surface area contributed by atoms with Crippen LogP contribution in [0.1, 0.15) is 42.3 Å². The van der Waals surface area contributed by atoms with Gasteiger partial charge in [0, 0.05) is 41.7 Å². The van der Waals surface area contributed by atoms with E-state index >= 15 is 0 Å². The summed E-state index contributed by atoms with van der Waals surface area (Å²) in [4.78, 5) is 7.37. The van der Waals surface area contributed by atoms with Crippen LogP contribution in [0, 0.1) is 6.92 Å². The molecule has 0 spiro atoms. The van der Waals surface area contributed by atoms with Crippen molar-refractivity contribution in [2.45, 2.75) is 39.8 Å². The van der Waals surface area contributed by atoms with Crippen LogP contribution in [-0.4, -0.2) is 23.0 Å². The molecule has 3 rings (SSSR count). The van der Waals surface area contributed by atoms with Crippen LogP contribution >= 0.6 is 11.6 Å². The number of nitrogens with two attached hydrogens (primary N) is 1. The number of hydrogen-bond acceptors (Lipinski definition) is 3. The van der Waals surface area contributed by atoms with E-state index in [1.54, 1.807) is 0 Å². The fraction of sp³-hybridized carbons (Fsp3) is 0.471. The topological polar surface area (TPSA) is 42.2 Å². The Morgan fingerprint density at radius 3 is 2.86 bits per heavy atom. The largest absolute Gasteiger partial charge is 0.324 e. The molecule has 0 aliphatic carbocycles. The van der Waals surface area contributed by atoms with Gasteiger partial charge in [0.2, 0.25) is 0 Å². The molecule has 1 atom stereocenters. The highest BCUT2D eigenvalue weighted by atomic mass is 35.5. The predicted octanol–water partition coefficient (Wildman–Crippen LogP) is 3.59. The number of rotatable bonds is 2. The fourth-order valence-corrected chi connectivity index (χ4v) is 3.62. The minimum atomic E-state index is -0.0149. The van der Waals surface area contributed by atoms with E-state index < -0.39 is 0 Å². The maximum Gasteiger partial charge on any atom is 0.0739 e. The third-order valence-electron chi connectivity index (χ3n) is 4.42.